The van der Waals surface area contributed by atoms with Crippen molar-refractivity contribution < 1.29 is 0 Å². The van der Waals surface area contributed by atoms with E-state index < -0.39 is 0 Å². The number of nitrogens with zero attached hydrogens (tertiary/aromatic N) is 3. The van der Waals surface area contributed by atoms with E-state index in [9.17, 15) is 0 Å². The summed E-state index contributed by atoms with van der Waals surface area (Å²) in [6.07, 6.45) is 0. The molecule has 0 fully saturated rings. The van der Waals surface area contributed by atoms with Gasteiger partial charge in [0.25, 0.3) is 5.82 Å². The number of H-pyrrole nitrogens is 1. The van der Waals surface area contributed by atoms with E-state index in [0.717, 1.165) is 5.82 Å². The van der Waals surface area contributed by atoms with Crippen LogP contribution in [0.4, 0.5) is 0 Å². The van der Waals surface area contributed by atoms with Crippen molar-refractivity contribution in [1.82, 2.24) is 15.2 Å². The lowest BCUT2D eigenvalue weighted by Gasteiger charge is -1.93. The molecule has 0 saturated heterocycles. The third-order valence-electron chi connectivity index (χ3n) is 1.15. The van der Waals surface area contributed by atoms with E-state index in [2.05, 4.69) is 15.2 Å². The highest BCUT2D eigenvalue weighted by Gasteiger charge is 2.04. The lowest BCUT2D eigenvalue weighted by atomic mass is 10.2. The lowest BCUT2D eigenvalue weighted by Crippen LogP contribution is -1.89. The molecule has 0 radical (unpaired) electrons. The third-order valence-corrected chi connectivity index (χ3v) is 1.15. The van der Waals surface area contributed by atoms with Gasteiger partial charge in [-0.05, 0) is 0 Å². The summed E-state index contributed by atoms with van der Waals surface area (Å²) in [5.41, 5.74) is 0. The first-order valence-electron chi connectivity index (χ1n) is 3.06. The number of nitriles is 1. The topological polar surface area (TPSA) is 65.4 Å². The van der Waals surface area contributed by atoms with Crippen molar-refractivity contribution in [3.63, 3.8) is 0 Å². The fourth-order valence-electron chi connectivity index (χ4n) is 0.583. The SMILES string of the molecule is CC(C)c1nc(C#N)n[nH]1. The van der Waals surface area contributed by atoms with Crippen LogP contribution in [0.3, 0.4) is 0 Å². The molecule has 1 rings (SSSR count). The summed E-state index contributed by atoms with van der Waals surface area (Å²) in [7, 11) is 0. The quantitative estimate of drug-likeness (QED) is 0.621. The van der Waals surface area contributed by atoms with Crippen LogP contribution in [-0.4, -0.2) is 15.2 Å². The molecular weight excluding hydrogens is 128 g/mol. The van der Waals surface area contributed by atoms with Crippen molar-refractivity contribution in [1.29, 1.82) is 5.26 Å². The zero-order valence-electron chi connectivity index (χ0n) is 5.92. The van der Waals surface area contributed by atoms with Gasteiger partial charge in [0.05, 0.1) is 0 Å². The molecule has 0 bridgehead atoms. The average Bonchev–Trinajstić information content (AvgIpc) is 2.34. The summed E-state index contributed by atoms with van der Waals surface area (Å²) in [5.74, 6) is 1.27. The Hall–Kier alpha value is -1.37. The summed E-state index contributed by atoms with van der Waals surface area (Å²) in [4.78, 5) is 3.90. The summed E-state index contributed by atoms with van der Waals surface area (Å²) in [5, 5.41) is 14.7. The minimum atomic E-state index is 0.212. The highest BCUT2D eigenvalue weighted by atomic mass is 15.2. The van der Waals surface area contributed by atoms with Crippen molar-refractivity contribution in [3.05, 3.63) is 11.6 Å². The molecule has 0 aliphatic heterocycles. The van der Waals surface area contributed by atoms with E-state index in [1.54, 1.807) is 0 Å². The lowest BCUT2D eigenvalue weighted by molar-refractivity contribution is 0.781. The number of hydrogen-bond acceptors (Lipinski definition) is 3. The summed E-state index contributed by atoms with van der Waals surface area (Å²) in [6.45, 7) is 3.98. The van der Waals surface area contributed by atoms with Gasteiger partial charge >= 0.3 is 0 Å². The zero-order chi connectivity index (χ0) is 7.56. The van der Waals surface area contributed by atoms with Gasteiger partial charge in [0.2, 0.25) is 0 Å². The second-order valence-electron chi connectivity index (χ2n) is 2.31. The normalized spacial score (nSPS) is 9.80. The second-order valence-corrected chi connectivity index (χ2v) is 2.31. The number of nitrogens with one attached hydrogen (secondary N) is 1. The molecule has 52 valence electrons. The molecule has 1 aromatic rings. The molecule has 0 amide bonds. The van der Waals surface area contributed by atoms with Crippen molar-refractivity contribution in [2.75, 3.05) is 0 Å². The minimum absolute atomic E-state index is 0.212. The van der Waals surface area contributed by atoms with Gasteiger partial charge in [-0.1, -0.05) is 13.8 Å². The molecule has 0 atom stereocenters. The smallest absolute Gasteiger partial charge is 0.252 e. The van der Waals surface area contributed by atoms with Crippen LogP contribution in [0.1, 0.15) is 31.4 Å². The first-order valence-corrected chi connectivity index (χ1v) is 3.06. The van der Waals surface area contributed by atoms with Gasteiger partial charge in [0, 0.05) is 5.92 Å². The first kappa shape index (κ1) is 6.75. The molecule has 0 spiro atoms. The summed E-state index contributed by atoms with van der Waals surface area (Å²) < 4.78 is 0. The highest BCUT2D eigenvalue weighted by molar-refractivity contribution is 5.09. The molecular formula is C6H8N4. The Labute approximate surface area is 58.9 Å². The second kappa shape index (κ2) is 2.48. The van der Waals surface area contributed by atoms with Gasteiger partial charge in [0.15, 0.2) is 0 Å². The molecule has 0 saturated carbocycles. The number of rotatable bonds is 1. The number of hydrogen-bond donors (Lipinski definition) is 1. The maximum Gasteiger partial charge on any atom is 0.252 e. The maximum atomic E-state index is 8.34. The van der Waals surface area contributed by atoms with Crippen LogP contribution in [0.25, 0.3) is 0 Å². The molecule has 1 N–H and O–H groups in total. The summed E-state index contributed by atoms with van der Waals surface area (Å²) in [6, 6.07) is 1.85. The van der Waals surface area contributed by atoms with Crippen molar-refractivity contribution in [2.24, 2.45) is 0 Å². The van der Waals surface area contributed by atoms with E-state index in [0.29, 0.717) is 5.92 Å². The molecule has 4 nitrogen and oxygen atoms in total. The van der Waals surface area contributed by atoms with Gasteiger partial charge in [-0.2, -0.15) is 5.26 Å². The Kier molecular flexibility index (Phi) is 1.67. The van der Waals surface area contributed by atoms with Gasteiger partial charge in [0.1, 0.15) is 11.9 Å². The number of aromatic amines is 1. The Morgan fingerprint density at radius 2 is 2.30 bits per heavy atom. The Bertz CT molecular complexity index is 255. The van der Waals surface area contributed by atoms with Gasteiger partial charge in [-0.3, -0.25) is 5.10 Å². The molecule has 1 heterocycles. The summed E-state index contributed by atoms with van der Waals surface area (Å²) >= 11 is 0. The predicted octanol–water partition coefficient (Wildman–Crippen LogP) is 0.800. The van der Waals surface area contributed by atoms with Crippen LogP contribution >= 0.6 is 0 Å². The van der Waals surface area contributed by atoms with Crippen molar-refractivity contribution >= 4 is 0 Å². The average molecular weight is 136 g/mol. The van der Waals surface area contributed by atoms with Crippen LogP contribution in [0.15, 0.2) is 0 Å². The van der Waals surface area contributed by atoms with Crippen molar-refractivity contribution in [3.8, 4) is 6.07 Å². The van der Waals surface area contributed by atoms with Crippen LogP contribution < -0.4 is 0 Å². The zero-order valence-corrected chi connectivity index (χ0v) is 5.92. The van der Waals surface area contributed by atoms with Crippen LogP contribution in [0.2, 0.25) is 0 Å². The highest BCUT2D eigenvalue weighted by Crippen LogP contribution is 2.06. The minimum Gasteiger partial charge on any atom is -0.262 e. The van der Waals surface area contributed by atoms with Crippen LogP contribution in [0, 0.1) is 11.3 Å². The van der Waals surface area contributed by atoms with Gasteiger partial charge in [-0.15, -0.1) is 5.10 Å². The van der Waals surface area contributed by atoms with Crippen LogP contribution in [0.5, 0.6) is 0 Å². The Morgan fingerprint density at radius 1 is 1.60 bits per heavy atom. The largest absolute Gasteiger partial charge is 0.262 e. The fraction of sp³-hybridized carbons (Fsp3) is 0.500. The Balaban J connectivity index is 2.91. The number of aromatic nitrogens is 3. The molecule has 1 aromatic heterocycles. The van der Waals surface area contributed by atoms with Gasteiger partial charge < -0.3 is 0 Å². The molecule has 0 unspecified atom stereocenters. The fourth-order valence-corrected chi connectivity index (χ4v) is 0.583. The van der Waals surface area contributed by atoms with E-state index in [-0.39, 0.29) is 5.82 Å². The van der Waals surface area contributed by atoms with E-state index in [4.69, 9.17) is 5.26 Å². The van der Waals surface area contributed by atoms with Crippen molar-refractivity contribution in [2.45, 2.75) is 19.8 Å². The Morgan fingerprint density at radius 3 is 2.60 bits per heavy atom. The molecule has 10 heavy (non-hydrogen) atoms. The molecule has 0 aliphatic carbocycles. The van der Waals surface area contributed by atoms with Crippen LogP contribution in [-0.2, 0) is 0 Å². The van der Waals surface area contributed by atoms with Gasteiger partial charge in [-0.25, -0.2) is 4.98 Å². The first-order chi connectivity index (χ1) is 4.74. The van der Waals surface area contributed by atoms with E-state index >= 15 is 0 Å². The monoisotopic (exact) mass is 136 g/mol. The maximum absolute atomic E-state index is 8.34. The standard InChI is InChI=1S/C6H8N4/c1-4(2)6-8-5(3-7)9-10-6/h4H,1-2H3,(H,8,9,10). The third kappa shape index (κ3) is 1.13. The molecule has 0 aliphatic rings. The predicted molar refractivity (Wildman–Crippen MR) is 35.2 cm³/mol. The molecule has 0 aromatic carbocycles. The van der Waals surface area contributed by atoms with E-state index in [1.807, 2.05) is 19.9 Å². The molecule has 4 heteroatoms. The van der Waals surface area contributed by atoms with E-state index in [1.165, 1.54) is 0 Å².